The Labute approximate surface area is 192 Å². The van der Waals surface area contributed by atoms with Crippen LogP contribution in [0.1, 0.15) is 53.9 Å². The second-order valence-electron chi connectivity index (χ2n) is 9.18. The van der Waals surface area contributed by atoms with Gasteiger partial charge in [-0.15, -0.1) is 0 Å². The summed E-state index contributed by atoms with van der Waals surface area (Å²) in [7, 11) is 3.20. The highest BCUT2D eigenvalue weighted by Crippen LogP contribution is 2.35. The van der Waals surface area contributed by atoms with Crippen LogP contribution in [0.25, 0.3) is 0 Å². The lowest BCUT2D eigenvalue weighted by Gasteiger charge is -2.34. The Bertz CT molecular complexity index is 614. The van der Waals surface area contributed by atoms with Crippen molar-refractivity contribution in [1.82, 2.24) is 10.6 Å². The van der Waals surface area contributed by atoms with Gasteiger partial charge in [-0.3, -0.25) is 9.59 Å². The van der Waals surface area contributed by atoms with E-state index in [1.54, 1.807) is 21.6 Å². The SMILES string of the molecule is CC(C)C[C@H](NC(=O)[C@H]1O[C@@H](CNC(=O)[C@H](N)CSSC(C)(C)C)CC[C@@H]1O)C(=O)O. The number of aliphatic carboxylic acids is 1. The summed E-state index contributed by atoms with van der Waals surface area (Å²) >= 11 is 0. The lowest BCUT2D eigenvalue weighted by atomic mass is 9.99. The van der Waals surface area contributed by atoms with Gasteiger partial charge >= 0.3 is 5.97 Å². The fourth-order valence-electron chi connectivity index (χ4n) is 2.91. The van der Waals surface area contributed by atoms with E-state index in [0.717, 1.165) is 0 Å². The summed E-state index contributed by atoms with van der Waals surface area (Å²) in [6, 6.07) is -1.72. The minimum atomic E-state index is -1.18. The molecular formula is C20H37N3O6S2. The van der Waals surface area contributed by atoms with Gasteiger partial charge < -0.3 is 31.3 Å². The fraction of sp³-hybridized carbons (Fsp3) is 0.850. The van der Waals surface area contributed by atoms with Crippen LogP contribution in [0.5, 0.6) is 0 Å². The molecule has 0 aromatic heterocycles. The fourth-order valence-corrected chi connectivity index (χ4v) is 5.34. The maximum atomic E-state index is 12.5. The van der Waals surface area contributed by atoms with Crippen molar-refractivity contribution < 1.29 is 29.3 Å². The van der Waals surface area contributed by atoms with Gasteiger partial charge in [0.05, 0.1) is 18.2 Å². The maximum absolute atomic E-state index is 12.5. The zero-order valence-corrected chi connectivity index (χ0v) is 20.6. The number of carbonyl (C=O) groups is 3. The molecule has 0 aromatic carbocycles. The highest BCUT2D eigenvalue weighted by Gasteiger charge is 2.37. The van der Waals surface area contributed by atoms with Gasteiger partial charge in [0.25, 0.3) is 5.91 Å². The lowest BCUT2D eigenvalue weighted by Crippen LogP contribution is -2.55. The van der Waals surface area contributed by atoms with Gasteiger partial charge in [0.15, 0.2) is 6.10 Å². The maximum Gasteiger partial charge on any atom is 0.326 e. The molecule has 1 aliphatic rings. The molecule has 1 saturated heterocycles. The predicted molar refractivity (Wildman–Crippen MR) is 124 cm³/mol. The quantitative estimate of drug-likeness (QED) is 0.275. The Morgan fingerprint density at radius 2 is 1.87 bits per heavy atom. The zero-order valence-electron chi connectivity index (χ0n) is 18.9. The summed E-state index contributed by atoms with van der Waals surface area (Å²) in [4.78, 5) is 36.1. The summed E-state index contributed by atoms with van der Waals surface area (Å²) < 4.78 is 5.75. The number of nitrogens with two attached hydrogens (primary N) is 1. The van der Waals surface area contributed by atoms with Crippen molar-refractivity contribution in [3.05, 3.63) is 0 Å². The van der Waals surface area contributed by atoms with Crippen molar-refractivity contribution in [1.29, 1.82) is 0 Å². The van der Waals surface area contributed by atoms with E-state index in [2.05, 4.69) is 31.4 Å². The molecule has 0 aliphatic carbocycles. The minimum absolute atomic E-state index is 0.0715. The van der Waals surface area contributed by atoms with E-state index in [4.69, 9.17) is 10.5 Å². The Morgan fingerprint density at radius 1 is 1.23 bits per heavy atom. The van der Waals surface area contributed by atoms with Crippen LogP contribution in [0.15, 0.2) is 0 Å². The molecule has 5 atom stereocenters. The lowest BCUT2D eigenvalue weighted by molar-refractivity contribution is -0.160. The largest absolute Gasteiger partial charge is 0.480 e. The summed E-state index contributed by atoms with van der Waals surface area (Å²) in [6.07, 6.45) is -1.65. The van der Waals surface area contributed by atoms with Crippen LogP contribution in [-0.4, -0.2) is 75.4 Å². The average Bonchev–Trinajstić information content (AvgIpc) is 2.64. The number of amides is 2. The molecule has 0 unspecified atom stereocenters. The number of carbonyl (C=O) groups excluding carboxylic acids is 2. The molecule has 1 aliphatic heterocycles. The van der Waals surface area contributed by atoms with Crippen molar-refractivity contribution in [2.45, 2.75) is 89.0 Å². The number of nitrogens with one attached hydrogen (secondary N) is 2. The van der Waals surface area contributed by atoms with Crippen LogP contribution >= 0.6 is 21.6 Å². The number of aliphatic hydroxyl groups is 1. The van der Waals surface area contributed by atoms with Crippen LogP contribution in [0, 0.1) is 5.92 Å². The molecule has 1 fully saturated rings. The first-order valence-corrected chi connectivity index (χ1v) is 12.8. The van der Waals surface area contributed by atoms with E-state index >= 15 is 0 Å². The molecule has 0 saturated carbocycles. The Kier molecular flexibility index (Phi) is 11.6. The van der Waals surface area contributed by atoms with E-state index in [1.807, 2.05) is 13.8 Å². The average molecular weight is 480 g/mol. The van der Waals surface area contributed by atoms with E-state index in [-0.39, 0.29) is 29.5 Å². The number of carboxylic acids is 1. The number of rotatable bonds is 11. The van der Waals surface area contributed by atoms with Crippen molar-refractivity contribution in [3.8, 4) is 0 Å². The molecule has 11 heteroatoms. The highest BCUT2D eigenvalue weighted by molar-refractivity contribution is 8.77. The third-order valence-electron chi connectivity index (χ3n) is 4.45. The summed E-state index contributed by atoms with van der Waals surface area (Å²) in [5.41, 5.74) is 5.94. The molecule has 6 N–H and O–H groups in total. The van der Waals surface area contributed by atoms with E-state index in [9.17, 15) is 24.6 Å². The predicted octanol–water partition coefficient (Wildman–Crippen LogP) is 1.13. The molecule has 1 heterocycles. The van der Waals surface area contributed by atoms with E-state index < -0.39 is 42.3 Å². The van der Waals surface area contributed by atoms with E-state index in [0.29, 0.717) is 18.6 Å². The summed E-state index contributed by atoms with van der Waals surface area (Å²) in [6.45, 7) is 10.1. The molecule has 0 radical (unpaired) electrons. The van der Waals surface area contributed by atoms with Crippen LogP contribution in [0.3, 0.4) is 0 Å². The van der Waals surface area contributed by atoms with Gasteiger partial charge in [-0.2, -0.15) is 0 Å². The normalized spacial score (nSPS) is 23.8. The van der Waals surface area contributed by atoms with Crippen LogP contribution < -0.4 is 16.4 Å². The number of hydrogen-bond donors (Lipinski definition) is 5. The van der Waals surface area contributed by atoms with Gasteiger partial charge in [0.1, 0.15) is 6.04 Å². The standard InChI is InChI=1S/C20H37N3O6S2/c1-11(2)8-14(19(27)28)23-18(26)16-15(24)7-6-12(29-16)9-22-17(25)13(21)10-30-31-20(3,4)5/h11-16,24H,6-10,21H2,1-5H3,(H,22,25)(H,23,26)(H,27,28)/t12-,13-,14+,15+,16+/m1/s1. The molecule has 0 spiro atoms. The van der Waals surface area contributed by atoms with Gasteiger partial charge in [-0.25, -0.2) is 4.79 Å². The van der Waals surface area contributed by atoms with Crippen LogP contribution in [0.4, 0.5) is 0 Å². The second-order valence-corrected chi connectivity index (χ2v) is 12.4. The van der Waals surface area contributed by atoms with Crippen LogP contribution in [0.2, 0.25) is 0 Å². The van der Waals surface area contributed by atoms with Crippen molar-refractivity contribution in [2.24, 2.45) is 11.7 Å². The number of hydrogen-bond acceptors (Lipinski definition) is 8. The van der Waals surface area contributed by atoms with Gasteiger partial charge in [0, 0.05) is 17.0 Å². The highest BCUT2D eigenvalue weighted by atomic mass is 33.1. The van der Waals surface area contributed by atoms with Crippen molar-refractivity contribution >= 4 is 39.4 Å². The van der Waals surface area contributed by atoms with Gasteiger partial charge in [-0.1, -0.05) is 56.2 Å². The molecular weight excluding hydrogens is 442 g/mol. The number of ether oxygens (including phenoxy) is 1. The zero-order chi connectivity index (χ0) is 23.8. The molecule has 31 heavy (non-hydrogen) atoms. The molecule has 9 nitrogen and oxygen atoms in total. The molecule has 2 amide bonds. The molecule has 180 valence electrons. The third kappa shape index (κ3) is 10.9. The second kappa shape index (κ2) is 12.9. The smallest absolute Gasteiger partial charge is 0.326 e. The topological polar surface area (TPSA) is 151 Å². The molecule has 1 rings (SSSR count). The first-order chi connectivity index (χ1) is 14.3. The Balaban J connectivity index is 2.53. The number of carboxylic acid groups (broad SMARTS) is 1. The third-order valence-corrected chi connectivity index (χ3v) is 7.83. The van der Waals surface area contributed by atoms with Crippen molar-refractivity contribution in [3.63, 3.8) is 0 Å². The van der Waals surface area contributed by atoms with Crippen molar-refractivity contribution in [2.75, 3.05) is 12.3 Å². The van der Waals surface area contributed by atoms with Gasteiger partial charge in [-0.05, 0) is 25.2 Å². The summed E-state index contributed by atoms with van der Waals surface area (Å²) in [5.74, 6) is -1.56. The molecule has 0 bridgehead atoms. The monoisotopic (exact) mass is 479 g/mol. The van der Waals surface area contributed by atoms with E-state index in [1.165, 1.54) is 0 Å². The first kappa shape index (κ1) is 28.0. The van der Waals surface area contributed by atoms with Gasteiger partial charge in [0.2, 0.25) is 5.91 Å². The Hall–Kier alpha value is -1.01. The molecule has 0 aromatic rings. The number of aliphatic hydroxyl groups excluding tert-OH is 1. The van der Waals surface area contributed by atoms with Crippen LogP contribution in [-0.2, 0) is 19.1 Å². The first-order valence-electron chi connectivity index (χ1n) is 10.5. The summed E-state index contributed by atoms with van der Waals surface area (Å²) in [5, 5.41) is 24.7. The Morgan fingerprint density at radius 3 is 2.42 bits per heavy atom. The minimum Gasteiger partial charge on any atom is -0.480 e.